The van der Waals surface area contributed by atoms with E-state index in [1.54, 1.807) is 9.80 Å². The summed E-state index contributed by atoms with van der Waals surface area (Å²) in [7, 11) is 0. The minimum atomic E-state index is -4.67. The van der Waals surface area contributed by atoms with E-state index in [2.05, 4.69) is 5.32 Å². The molecule has 0 spiro atoms. The molecule has 3 rings (SSSR count). The van der Waals surface area contributed by atoms with Crippen molar-refractivity contribution >= 4 is 23.2 Å². The van der Waals surface area contributed by atoms with Crippen molar-refractivity contribution in [1.82, 2.24) is 10.2 Å². The molecule has 2 aromatic carbocycles. The van der Waals surface area contributed by atoms with Crippen molar-refractivity contribution < 1.29 is 32.8 Å². The number of carbonyl (C=O) groups excluding carboxylic acids is 2. The van der Waals surface area contributed by atoms with Crippen LogP contribution in [-0.4, -0.2) is 59.5 Å². The Labute approximate surface area is 192 Å². The molecule has 1 atom stereocenters. The fourth-order valence-electron chi connectivity index (χ4n) is 3.79. The largest absolute Gasteiger partial charge is 0.416 e. The average molecular weight is 480 g/mol. The van der Waals surface area contributed by atoms with Crippen molar-refractivity contribution in [3.63, 3.8) is 0 Å². The lowest BCUT2D eigenvalue weighted by Crippen LogP contribution is -2.48. The Balaban J connectivity index is 1.72. The number of hydrogen-bond acceptors (Lipinski definition) is 6. The minimum Gasteiger partial charge on any atom is -0.387 e. The van der Waals surface area contributed by atoms with Gasteiger partial charge in [0.05, 0.1) is 16.6 Å². The van der Waals surface area contributed by atoms with Gasteiger partial charge in [-0.25, -0.2) is 0 Å². The van der Waals surface area contributed by atoms with Gasteiger partial charge in [-0.05, 0) is 23.8 Å². The van der Waals surface area contributed by atoms with Crippen LogP contribution in [0.1, 0.15) is 34.5 Å². The van der Waals surface area contributed by atoms with Crippen LogP contribution in [-0.2, 0) is 11.0 Å². The van der Waals surface area contributed by atoms with Crippen LogP contribution in [0.2, 0.25) is 0 Å². The number of aliphatic hydroxyl groups is 1. The zero-order valence-electron chi connectivity index (χ0n) is 18.2. The van der Waals surface area contributed by atoms with Gasteiger partial charge in [-0.2, -0.15) is 13.2 Å². The third kappa shape index (κ3) is 5.63. The van der Waals surface area contributed by atoms with E-state index < -0.39 is 35.2 Å². The molecule has 182 valence electrons. The molecule has 0 saturated carbocycles. The lowest BCUT2D eigenvalue weighted by Gasteiger charge is -2.35. The molecule has 1 unspecified atom stereocenters. The van der Waals surface area contributed by atoms with E-state index >= 15 is 0 Å². The van der Waals surface area contributed by atoms with Crippen molar-refractivity contribution in [3.05, 3.63) is 69.3 Å². The zero-order chi connectivity index (χ0) is 25.0. The molecule has 2 N–H and O–H groups in total. The smallest absolute Gasteiger partial charge is 0.387 e. The number of carbonyl (C=O) groups is 2. The lowest BCUT2D eigenvalue weighted by molar-refractivity contribution is -0.384. The van der Waals surface area contributed by atoms with Gasteiger partial charge in [-0.3, -0.25) is 19.7 Å². The van der Waals surface area contributed by atoms with E-state index in [9.17, 15) is 38.0 Å². The summed E-state index contributed by atoms with van der Waals surface area (Å²) in [5, 5.41) is 24.2. The number of aliphatic hydroxyl groups excluding tert-OH is 1. The maximum Gasteiger partial charge on any atom is 0.416 e. The number of nitrogens with zero attached hydrogens (tertiary/aromatic N) is 3. The number of piperazine rings is 1. The van der Waals surface area contributed by atoms with Gasteiger partial charge in [0.1, 0.15) is 5.69 Å². The van der Waals surface area contributed by atoms with Gasteiger partial charge in [-0.15, -0.1) is 0 Å². The number of benzene rings is 2. The molecule has 2 aromatic rings. The summed E-state index contributed by atoms with van der Waals surface area (Å²) >= 11 is 0. The molecule has 0 bridgehead atoms. The summed E-state index contributed by atoms with van der Waals surface area (Å²) in [6.07, 6.45) is -6.30. The molecular weight excluding hydrogens is 457 g/mol. The van der Waals surface area contributed by atoms with E-state index in [0.717, 1.165) is 18.2 Å². The van der Waals surface area contributed by atoms with Gasteiger partial charge in [0.15, 0.2) is 0 Å². The fraction of sp³-hybridized carbons (Fsp3) is 0.364. The topological polar surface area (TPSA) is 116 Å². The second-order valence-electron chi connectivity index (χ2n) is 7.76. The van der Waals surface area contributed by atoms with E-state index in [1.807, 2.05) is 0 Å². The number of hydrogen-bond donors (Lipinski definition) is 2. The molecule has 0 aliphatic carbocycles. The number of anilines is 1. The minimum absolute atomic E-state index is 0.0749. The molecule has 1 aliphatic rings. The predicted octanol–water partition coefficient (Wildman–Crippen LogP) is 2.75. The number of alkyl halides is 3. The summed E-state index contributed by atoms with van der Waals surface area (Å²) in [6, 6.07) is 8.35. The highest BCUT2D eigenvalue weighted by atomic mass is 19.4. The van der Waals surface area contributed by atoms with Crippen LogP contribution < -0.4 is 10.2 Å². The molecule has 1 fully saturated rings. The van der Waals surface area contributed by atoms with E-state index in [4.69, 9.17) is 0 Å². The Hall–Kier alpha value is -3.67. The molecule has 0 aromatic heterocycles. The average Bonchev–Trinajstić information content (AvgIpc) is 2.81. The van der Waals surface area contributed by atoms with Gasteiger partial charge < -0.3 is 20.2 Å². The van der Waals surface area contributed by atoms with Gasteiger partial charge >= 0.3 is 6.18 Å². The molecule has 12 heteroatoms. The maximum absolute atomic E-state index is 13.2. The normalized spacial score (nSPS) is 15.1. The Bertz CT molecular complexity index is 1080. The van der Waals surface area contributed by atoms with Gasteiger partial charge in [-0.1, -0.05) is 18.2 Å². The summed E-state index contributed by atoms with van der Waals surface area (Å²) < 4.78 is 39.5. The summed E-state index contributed by atoms with van der Waals surface area (Å²) in [6.45, 7) is 2.52. The monoisotopic (exact) mass is 480 g/mol. The molecule has 1 saturated heterocycles. The first-order valence-corrected chi connectivity index (χ1v) is 10.4. The Morgan fingerprint density at radius 2 is 1.79 bits per heavy atom. The van der Waals surface area contributed by atoms with Crippen LogP contribution in [0.25, 0.3) is 0 Å². The number of halogens is 3. The number of nitrogens with one attached hydrogen (secondary N) is 1. The predicted molar refractivity (Wildman–Crippen MR) is 116 cm³/mol. The summed E-state index contributed by atoms with van der Waals surface area (Å²) in [4.78, 5) is 38.4. The van der Waals surface area contributed by atoms with Crippen LogP contribution in [0.15, 0.2) is 42.5 Å². The van der Waals surface area contributed by atoms with Crippen molar-refractivity contribution in [1.29, 1.82) is 0 Å². The van der Waals surface area contributed by atoms with Crippen molar-refractivity contribution in [2.24, 2.45) is 0 Å². The second kappa shape index (κ2) is 10.1. The van der Waals surface area contributed by atoms with Gasteiger partial charge in [0.2, 0.25) is 5.91 Å². The standard InChI is InChI=1S/C22H23F3N4O5/c1-14(30)27-8-10-28(11-9-27)18-7-6-15(12-19(18)29(33)34)21(32)26-13-20(31)16-4-2-3-5-17(16)22(23,24)25/h2-7,12,20,31H,8-11,13H2,1H3,(H,26,32). The number of rotatable bonds is 6. The molecule has 2 amide bonds. The highest BCUT2D eigenvalue weighted by molar-refractivity contribution is 5.95. The Kier molecular flexibility index (Phi) is 7.40. The third-order valence-corrected chi connectivity index (χ3v) is 5.58. The quantitative estimate of drug-likeness (QED) is 0.485. The first-order valence-electron chi connectivity index (χ1n) is 10.4. The van der Waals surface area contributed by atoms with E-state index in [0.29, 0.717) is 31.9 Å². The summed E-state index contributed by atoms with van der Waals surface area (Å²) in [5.74, 6) is -0.860. The van der Waals surface area contributed by atoms with Crippen LogP contribution in [0.5, 0.6) is 0 Å². The molecule has 1 heterocycles. The first kappa shape index (κ1) is 25.0. The van der Waals surface area contributed by atoms with Crippen LogP contribution in [0.3, 0.4) is 0 Å². The maximum atomic E-state index is 13.2. The van der Waals surface area contributed by atoms with Crippen molar-refractivity contribution in [2.45, 2.75) is 19.2 Å². The fourth-order valence-corrected chi connectivity index (χ4v) is 3.79. The lowest BCUT2D eigenvalue weighted by atomic mass is 10.0. The van der Waals surface area contributed by atoms with Gasteiger partial charge in [0.25, 0.3) is 11.6 Å². The number of nitro benzene ring substituents is 1. The highest BCUT2D eigenvalue weighted by Gasteiger charge is 2.34. The zero-order valence-corrected chi connectivity index (χ0v) is 18.2. The third-order valence-electron chi connectivity index (χ3n) is 5.58. The Morgan fingerprint density at radius 1 is 1.15 bits per heavy atom. The first-order chi connectivity index (χ1) is 16.0. The molecule has 1 aliphatic heterocycles. The molecular formula is C22H23F3N4O5. The summed E-state index contributed by atoms with van der Waals surface area (Å²) in [5.41, 5.74) is -1.49. The van der Waals surface area contributed by atoms with Crippen LogP contribution >= 0.6 is 0 Å². The Morgan fingerprint density at radius 3 is 2.38 bits per heavy atom. The molecule has 9 nitrogen and oxygen atoms in total. The van der Waals surface area contributed by atoms with Crippen LogP contribution in [0, 0.1) is 10.1 Å². The number of amides is 2. The van der Waals surface area contributed by atoms with Crippen molar-refractivity contribution in [2.75, 3.05) is 37.6 Å². The number of nitro groups is 1. The van der Waals surface area contributed by atoms with Gasteiger partial charge in [0, 0.05) is 51.3 Å². The second-order valence-corrected chi connectivity index (χ2v) is 7.76. The molecule has 34 heavy (non-hydrogen) atoms. The van der Waals surface area contributed by atoms with Crippen LogP contribution in [0.4, 0.5) is 24.5 Å². The molecule has 0 radical (unpaired) electrons. The van der Waals surface area contributed by atoms with E-state index in [1.165, 1.54) is 31.2 Å². The van der Waals surface area contributed by atoms with Crippen molar-refractivity contribution in [3.8, 4) is 0 Å². The SMILES string of the molecule is CC(=O)N1CCN(c2ccc(C(=O)NCC(O)c3ccccc3C(F)(F)F)cc2[N+](=O)[O-])CC1. The van der Waals surface area contributed by atoms with E-state index in [-0.39, 0.29) is 22.7 Å². The highest BCUT2D eigenvalue weighted by Crippen LogP contribution is 2.34.